The van der Waals surface area contributed by atoms with E-state index in [1.54, 1.807) is 46.9 Å². The van der Waals surface area contributed by atoms with Crippen molar-refractivity contribution in [2.75, 3.05) is 5.32 Å². The minimum Gasteiger partial charge on any atom is -0.364 e. The lowest BCUT2D eigenvalue weighted by Gasteiger charge is -2.27. The third-order valence-electron chi connectivity index (χ3n) is 7.90. The maximum absolute atomic E-state index is 13.8. The van der Waals surface area contributed by atoms with Crippen molar-refractivity contribution >= 4 is 45.0 Å². The second-order valence-corrected chi connectivity index (χ2v) is 11.6. The lowest BCUT2D eigenvalue weighted by molar-refractivity contribution is -0.137. The Morgan fingerprint density at radius 1 is 1.10 bits per heavy atom. The summed E-state index contributed by atoms with van der Waals surface area (Å²) >= 11 is 3.34. The van der Waals surface area contributed by atoms with E-state index < -0.39 is 11.9 Å². The van der Waals surface area contributed by atoms with E-state index in [0.717, 1.165) is 23.1 Å². The summed E-state index contributed by atoms with van der Waals surface area (Å²) in [5.74, 6) is 0.279. The van der Waals surface area contributed by atoms with Gasteiger partial charge in [-0.2, -0.15) is 0 Å². The fourth-order valence-corrected chi connectivity index (χ4v) is 5.90. The number of aryl methyl sites for hydroxylation is 2. The molecule has 0 aromatic carbocycles. The maximum Gasteiger partial charge on any atom is 0.269 e. The number of nitrogens with one attached hydrogen (secondary N) is 1. The number of nitrogens with zero attached hydrogens (tertiary/aromatic N) is 6. The van der Waals surface area contributed by atoms with Gasteiger partial charge in [0, 0.05) is 30.2 Å². The molecular weight excluding hydrogens is 576 g/mol. The fourth-order valence-electron chi connectivity index (χ4n) is 5.59. The number of imidazole rings is 1. The Labute approximate surface area is 238 Å². The van der Waals surface area contributed by atoms with Crippen LogP contribution in [-0.4, -0.2) is 59.0 Å². The minimum atomic E-state index is -0.696. The van der Waals surface area contributed by atoms with Gasteiger partial charge in [0.25, 0.3) is 5.91 Å². The Hall–Kier alpha value is -4.19. The Kier molecular flexibility index (Phi) is 6.17. The topological polar surface area (TPSA) is 148 Å². The highest BCUT2D eigenvalue weighted by Crippen LogP contribution is 2.59. The van der Waals surface area contributed by atoms with E-state index in [9.17, 15) is 14.4 Å². The number of carbonyl (C=O) groups is 3. The molecule has 1 saturated carbocycles. The summed E-state index contributed by atoms with van der Waals surface area (Å²) in [4.78, 5) is 58.5. The van der Waals surface area contributed by atoms with Gasteiger partial charge in [0.15, 0.2) is 5.69 Å². The van der Waals surface area contributed by atoms with Gasteiger partial charge in [-0.3, -0.25) is 14.4 Å². The van der Waals surface area contributed by atoms with Crippen LogP contribution < -0.4 is 11.1 Å². The van der Waals surface area contributed by atoms with Crippen molar-refractivity contribution < 1.29 is 14.4 Å². The van der Waals surface area contributed by atoms with E-state index in [1.165, 1.54) is 0 Å². The summed E-state index contributed by atoms with van der Waals surface area (Å²) in [5, 5.41) is 2.91. The summed E-state index contributed by atoms with van der Waals surface area (Å²) in [5.41, 5.74) is 8.50. The number of hydrogen-bond acceptors (Lipinski definition) is 7. The van der Waals surface area contributed by atoms with Crippen LogP contribution in [0, 0.1) is 19.3 Å². The van der Waals surface area contributed by atoms with Crippen LogP contribution in [0.3, 0.4) is 0 Å². The summed E-state index contributed by atoms with van der Waals surface area (Å²) in [7, 11) is 0. The average Bonchev–Trinajstić information content (AvgIpc) is 3.28. The molecule has 5 heterocycles. The molecule has 1 aliphatic carbocycles. The number of nitrogens with two attached hydrogens (primary N) is 1. The van der Waals surface area contributed by atoms with Gasteiger partial charge >= 0.3 is 0 Å². The quantitative estimate of drug-likeness (QED) is 0.322. The van der Waals surface area contributed by atoms with Gasteiger partial charge in [-0.15, -0.1) is 0 Å². The molecule has 1 saturated heterocycles. The van der Waals surface area contributed by atoms with Crippen LogP contribution in [0.15, 0.2) is 47.5 Å². The third kappa shape index (κ3) is 4.51. The van der Waals surface area contributed by atoms with Gasteiger partial charge in [0.1, 0.15) is 28.1 Å². The van der Waals surface area contributed by atoms with Crippen LogP contribution >= 0.6 is 15.9 Å². The largest absolute Gasteiger partial charge is 0.364 e. The number of pyridine rings is 2. The molecule has 0 spiro atoms. The van der Waals surface area contributed by atoms with Crippen molar-refractivity contribution in [3.8, 4) is 11.1 Å². The molecule has 6 rings (SSSR count). The normalized spacial score (nSPS) is 21.4. The first-order valence-corrected chi connectivity index (χ1v) is 13.7. The first-order valence-electron chi connectivity index (χ1n) is 12.9. The zero-order valence-corrected chi connectivity index (χ0v) is 23.8. The zero-order valence-electron chi connectivity index (χ0n) is 22.2. The Morgan fingerprint density at radius 3 is 2.58 bits per heavy atom. The Morgan fingerprint density at radius 2 is 1.85 bits per heavy atom. The minimum absolute atomic E-state index is 0.0257. The molecule has 0 unspecified atom stereocenters. The van der Waals surface area contributed by atoms with E-state index in [4.69, 9.17) is 5.73 Å². The average molecular weight is 603 g/mol. The number of rotatable bonds is 6. The Balaban J connectivity index is 1.29. The van der Waals surface area contributed by atoms with Crippen molar-refractivity contribution in [1.29, 1.82) is 0 Å². The van der Waals surface area contributed by atoms with Gasteiger partial charge in [0.2, 0.25) is 11.8 Å². The first-order chi connectivity index (χ1) is 19.0. The Bertz CT molecular complexity index is 1700. The standard InChI is InChI=1S/C28H27BrN8O3/c1-14-4-5-21(29)33-26(14)35-27(40)19-10-28(3)11-20(28)37(19)23(38)9-22-34-24(25(30)39)18-8-16(6-7-36(18)22)17-12-31-15(2)32-13-17/h4-8,12-13,19-20H,9-11H2,1-3H3,(H2,30,39)(H,33,35,40)/t19-,20+,28-/m0/s1. The number of amides is 3. The number of aromatic nitrogens is 5. The molecule has 3 amide bonds. The number of piperidine rings is 1. The maximum atomic E-state index is 13.8. The van der Waals surface area contributed by atoms with Crippen molar-refractivity contribution in [2.24, 2.45) is 11.1 Å². The number of fused-ring (bicyclic) bond motifs is 2. The smallest absolute Gasteiger partial charge is 0.269 e. The van der Waals surface area contributed by atoms with Crippen LogP contribution in [0.1, 0.15) is 47.5 Å². The van der Waals surface area contributed by atoms with Crippen LogP contribution in [0.25, 0.3) is 16.6 Å². The summed E-state index contributed by atoms with van der Waals surface area (Å²) < 4.78 is 2.31. The van der Waals surface area contributed by atoms with Crippen LogP contribution in [0.4, 0.5) is 5.82 Å². The lowest BCUT2D eigenvalue weighted by Crippen LogP contribution is -2.46. The molecule has 2 aliphatic rings. The number of hydrogen-bond donors (Lipinski definition) is 2. The molecule has 2 fully saturated rings. The number of carbonyl (C=O) groups excluding carboxylic acids is 3. The molecule has 0 radical (unpaired) electrons. The number of likely N-dealkylation sites (tertiary alicyclic amines) is 1. The third-order valence-corrected chi connectivity index (χ3v) is 8.35. The van der Waals surface area contributed by atoms with Gasteiger partial charge < -0.3 is 20.4 Å². The molecule has 4 aromatic heterocycles. The number of primary amides is 1. The predicted molar refractivity (Wildman–Crippen MR) is 150 cm³/mol. The molecule has 3 N–H and O–H groups in total. The molecule has 3 atom stereocenters. The van der Waals surface area contributed by atoms with Crippen molar-refractivity contribution in [1.82, 2.24) is 29.2 Å². The van der Waals surface area contributed by atoms with Gasteiger partial charge in [-0.1, -0.05) is 13.0 Å². The molecule has 1 aliphatic heterocycles. The highest BCUT2D eigenvalue weighted by atomic mass is 79.9. The lowest BCUT2D eigenvalue weighted by atomic mass is 10.0. The van der Waals surface area contributed by atoms with Crippen LogP contribution in [0.5, 0.6) is 0 Å². The SMILES string of the molecule is Cc1ncc(-c2ccn3c(CC(=O)N4[C@H](C(=O)Nc5nc(Br)ccc5C)C[C@@]5(C)C[C@@H]45)nc(C(N)=O)c3c2)cn1. The van der Waals surface area contributed by atoms with Crippen molar-refractivity contribution in [2.45, 2.75) is 52.1 Å². The molecule has 40 heavy (non-hydrogen) atoms. The molecule has 11 nitrogen and oxygen atoms in total. The number of anilines is 1. The molecule has 0 bridgehead atoms. The van der Waals surface area contributed by atoms with E-state index in [-0.39, 0.29) is 35.4 Å². The van der Waals surface area contributed by atoms with E-state index in [0.29, 0.717) is 34.0 Å². The fraction of sp³-hybridized carbons (Fsp3) is 0.321. The first kappa shape index (κ1) is 26.1. The van der Waals surface area contributed by atoms with E-state index in [1.807, 2.05) is 19.1 Å². The second kappa shape index (κ2) is 9.47. The highest BCUT2D eigenvalue weighted by molar-refractivity contribution is 9.10. The van der Waals surface area contributed by atoms with Crippen molar-refractivity contribution in [3.63, 3.8) is 0 Å². The van der Waals surface area contributed by atoms with Gasteiger partial charge in [-0.25, -0.2) is 19.9 Å². The summed E-state index contributed by atoms with van der Waals surface area (Å²) in [6.45, 7) is 5.76. The van der Waals surface area contributed by atoms with Gasteiger partial charge in [0.05, 0.1) is 11.9 Å². The molecule has 12 heteroatoms. The van der Waals surface area contributed by atoms with Crippen molar-refractivity contribution in [3.05, 3.63) is 70.4 Å². The van der Waals surface area contributed by atoms with E-state index in [2.05, 4.69) is 48.1 Å². The predicted octanol–water partition coefficient (Wildman–Crippen LogP) is 3.23. The highest BCUT2D eigenvalue weighted by Gasteiger charge is 2.64. The van der Waals surface area contributed by atoms with E-state index >= 15 is 0 Å². The monoisotopic (exact) mass is 602 g/mol. The molecule has 4 aromatic rings. The molecule has 204 valence electrons. The number of halogens is 1. The van der Waals surface area contributed by atoms with Gasteiger partial charge in [-0.05, 0) is 77.4 Å². The summed E-state index contributed by atoms with van der Waals surface area (Å²) in [6, 6.07) is 6.64. The zero-order chi connectivity index (χ0) is 28.3. The van der Waals surface area contributed by atoms with Crippen LogP contribution in [-0.2, 0) is 16.0 Å². The second-order valence-electron chi connectivity index (χ2n) is 10.8. The summed E-state index contributed by atoms with van der Waals surface area (Å²) in [6.07, 6.45) is 6.48. The van der Waals surface area contributed by atoms with Crippen LogP contribution in [0.2, 0.25) is 0 Å². The molecular formula is C28H27BrN8O3.